The third kappa shape index (κ3) is 3.44. The number of nitrogen functional groups attached to an aromatic ring is 1. The molecule has 0 unspecified atom stereocenters. The fraction of sp³-hybridized carbons (Fsp3) is 0.571. The lowest BCUT2D eigenvalue weighted by Gasteiger charge is -2.08. The summed E-state index contributed by atoms with van der Waals surface area (Å²) in [5.41, 5.74) is 8.75. The van der Waals surface area contributed by atoms with Crippen LogP contribution in [0, 0.1) is 12.8 Å². The van der Waals surface area contributed by atoms with Gasteiger partial charge < -0.3 is 10.5 Å². The molecule has 0 aliphatic rings. The second-order valence-electron chi connectivity index (χ2n) is 5.30. The van der Waals surface area contributed by atoms with E-state index in [1.54, 1.807) is 0 Å². The van der Waals surface area contributed by atoms with Crippen molar-refractivity contribution in [1.82, 2.24) is 14.5 Å². The Morgan fingerprint density at radius 1 is 1.42 bits per heavy atom. The second kappa shape index (κ2) is 6.02. The summed E-state index contributed by atoms with van der Waals surface area (Å²) >= 11 is 0. The summed E-state index contributed by atoms with van der Waals surface area (Å²) in [6.07, 6.45) is 2.76. The Morgan fingerprint density at radius 2 is 2.21 bits per heavy atom. The minimum atomic E-state index is 0.525. The normalized spacial score (nSPS) is 11.6. The van der Waals surface area contributed by atoms with E-state index in [9.17, 15) is 0 Å². The van der Waals surface area contributed by atoms with Crippen LogP contribution in [0.5, 0.6) is 0 Å². The van der Waals surface area contributed by atoms with Gasteiger partial charge >= 0.3 is 0 Å². The number of aryl methyl sites for hydroxylation is 2. The molecule has 0 amide bonds. The Kier molecular flexibility index (Phi) is 4.37. The van der Waals surface area contributed by atoms with Crippen LogP contribution in [0.2, 0.25) is 0 Å². The van der Waals surface area contributed by atoms with E-state index in [4.69, 9.17) is 10.5 Å². The summed E-state index contributed by atoms with van der Waals surface area (Å²) < 4.78 is 7.52. The molecule has 2 heterocycles. The number of imidazole rings is 1. The van der Waals surface area contributed by atoms with Gasteiger partial charge in [-0.25, -0.2) is 9.97 Å². The van der Waals surface area contributed by atoms with Gasteiger partial charge in [-0.05, 0) is 30.9 Å². The predicted octanol–water partition coefficient (Wildman–Crippen LogP) is 2.38. The van der Waals surface area contributed by atoms with Crippen LogP contribution >= 0.6 is 0 Å². The molecule has 2 rings (SSSR count). The molecule has 0 aliphatic carbocycles. The summed E-state index contributed by atoms with van der Waals surface area (Å²) in [5, 5.41) is 0. The van der Waals surface area contributed by atoms with Crippen LogP contribution in [0.4, 0.5) is 5.95 Å². The number of anilines is 1. The van der Waals surface area contributed by atoms with Crippen LogP contribution in [0.1, 0.15) is 25.8 Å². The van der Waals surface area contributed by atoms with Gasteiger partial charge in [0.25, 0.3) is 0 Å². The molecular formula is C14H22N4O. The van der Waals surface area contributed by atoms with Crippen molar-refractivity contribution in [1.29, 1.82) is 0 Å². The molecule has 2 N–H and O–H groups in total. The third-order valence-electron chi connectivity index (χ3n) is 2.87. The lowest BCUT2D eigenvalue weighted by molar-refractivity contribution is 0.105. The molecule has 104 valence electrons. The first-order chi connectivity index (χ1) is 9.08. The lowest BCUT2D eigenvalue weighted by atomic mass is 10.2. The Bertz CT molecular complexity index is 548. The molecule has 0 saturated carbocycles. The molecule has 0 fully saturated rings. The molecule has 0 aromatic carbocycles. The molecule has 19 heavy (non-hydrogen) atoms. The number of hydrogen-bond donors (Lipinski definition) is 1. The number of fused-ring (bicyclic) bond motifs is 1. The first-order valence-corrected chi connectivity index (χ1v) is 6.74. The van der Waals surface area contributed by atoms with Crippen LogP contribution in [-0.2, 0) is 11.3 Å². The summed E-state index contributed by atoms with van der Waals surface area (Å²) in [6, 6.07) is 2.00. The van der Waals surface area contributed by atoms with E-state index in [0.29, 0.717) is 11.9 Å². The molecule has 0 radical (unpaired) electrons. The predicted molar refractivity (Wildman–Crippen MR) is 77.0 cm³/mol. The van der Waals surface area contributed by atoms with Crippen molar-refractivity contribution in [2.45, 2.75) is 33.7 Å². The van der Waals surface area contributed by atoms with Crippen LogP contribution in [0.15, 0.2) is 12.3 Å². The Hall–Kier alpha value is -1.62. The van der Waals surface area contributed by atoms with Gasteiger partial charge in [-0.1, -0.05) is 13.8 Å². The van der Waals surface area contributed by atoms with E-state index in [1.807, 2.05) is 23.8 Å². The van der Waals surface area contributed by atoms with Gasteiger partial charge in [0.1, 0.15) is 5.52 Å². The van der Waals surface area contributed by atoms with E-state index in [0.717, 1.165) is 42.9 Å². The fourth-order valence-electron chi connectivity index (χ4n) is 1.99. The highest BCUT2D eigenvalue weighted by atomic mass is 16.5. The number of rotatable bonds is 6. The van der Waals surface area contributed by atoms with Gasteiger partial charge in [0, 0.05) is 26.0 Å². The molecule has 0 spiro atoms. The smallest absolute Gasteiger partial charge is 0.202 e. The Balaban J connectivity index is 1.98. The maximum atomic E-state index is 5.94. The Labute approximate surface area is 113 Å². The molecule has 0 aliphatic heterocycles. The van der Waals surface area contributed by atoms with Crippen LogP contribution in [-0.4, -0.2) is 27.7 Å². The third-order valence-corrected chi connectivity index (χ3v) is 2.87. The van der Waals surface area contributed by atoms with Crippen molar-refractivity contribution < 1.29 is 4.74 Å². The molecule has 2 aromatic rings. The average Bonchev–Trinajstić information content (AvgIpc) is 2.64. The van der Waals surface area contributed by atoms with E-state index in [-0.39, 0.29) is 0 Å². The zero-order valence-electron chi connectivity index (χ0n) is 11.9. The standard InChI is InChI=1S/C14H22N4O/c1-10(2)9-19-6-4-5-18-13-12(17-14(18)15)7-11(3)8-16-13/h7-8,10H,4-6,9H2,1-3H3,(H2,15,17). The highest BCUT2D eigenvalue weighted by Crippen LogP contribution is 2.16. The van der Waals surface area contributed by atoms with Crippen LogP contribution in [0.3, 0.4) is 0 Å². The van der Waals surface area contributed by atoms with Crippen molar-refractivity contribution >= 4 is 17.1 Å². The molecule has 5 nitrogen and oxygen atoms in total. The van der Waals surface area contributed by atoms with Gasteiger partial charge in [-0.2, -0.15) is 0 Å². The SMILES string of the molecule is Cc1cnc2c(c1)nc(N)n2CCCOCC(C)C. The number of nitrogens with two attached hydrogens (primary N) is 1. The summed E-state index contributed by atoms with van der Waals surface area (Å²) in [6.45, 7) is 8.62. The highest BCUT2D eigenvalue weighted by Gasteiger charge is 2.09. The number of hydrogen-bond acceptors (Lipinski definition) is 4. The van der Waals surface area contributed by atoms with Crippen LogP contribution < -0.4 is 5.73 Å². The van der Waals surface area contributed by atoms with Crippen molar-refractivity contribution in [2.24, 2.45) is 5.92 Å². The summed E-state index contributed by atoms with van der Waals surface area (Å²) in [7, 11) is 0. The van der Waals surface area contributed by atoms with Gasteiger partial charge in [0.05, 0.1) is 0 Å². The first-order valence-electron chi connectivity index (χ1n) is 6.74. The molecule has 0 saturated heterocycles. The molecular weight excluding hydrogens is 240 g/mol. The zero-order valence-corrected chi connectivity index (χ0v) is 11.9. The van der Waals surface area contributed by atoms with E-state index >= 15 is 0 Å². The monoisotopic (exact) mass is 262 g/mol. The topological polar surface area (TPSA) is 66.0 Å². The molecule has 0 atom stereocenters. The second-order valence-corrected chi connectivity index (χ2v) is 5.30. The van der Waals surface area contributed by atoms with E-state index < -0.39 is 0 Å². The lowest BCUT2D eigenvalue weighted by Crippen LogP contribution is -2.08. The largest absolute Gasteiger partial charge is 0.381 e. The van der Waals surface area contributed by atoms with Crippen molar-refractivity contribution in [3.05, 3.63) is 17.8 Å². The average molecular weight is 262 g/mol. The highest BCUT2D eigenvalue weighted by molar-refractivity contribution is 5.74. The minimum absolute atomic E-state index is 0.525. The number of aromatic nitrogens is 3. The molecule has 0 bridgehead atoms. The number of nitrogens with zero attached hydrogens (tertiary/aromatic N) is 3. The van der Waals surface area contributed by atoms with Gasteiger partial charge in [0.15, 0.2) is 5.65 Å². The molecule has 2 aromatic heterocycles. The van der Waals surface area contributed by atoms with Crippen LogP contribution in [0.25, 0.3) is 11.2 Å². The van der Waals surface area contributed by atoms with Gasteiger partial charge in [-0.3, -0.25) is 4.57 Å². The number of ether oxygens (including phenoxy) is 1. The number of pyridine rings is 1. The summed E-state index contributed by atoms with van der Waals surface area (Å²) in [4.78, 5) is 8.75. The maximum Gasteiger partial charge on any atom is 0.202 e. The van der Waals surface area contributed by atoms with Crippen molar-refractivity contribution in [2.75, 3.05) is 18.9 Å². The van der Waals surface area contributed by atoms with E-state index in [1.165, 1.54) is 0 Å². The summed E-state index contributed by atoms with van der Waals surface area (Å²) in [5.74, 6) is 1.10. The molecule has 5 heteroatoms. The minimum Gasteiger partial charge on any atom is -0.381 e. The van der Waals surface area contributed by atoms with Gasteiger partial charge in [0.2, 0.25) is 5.95 Å². The van der Waals surface area contributed by atoms with Gasteiger partial charge in [-0.15, -0.1) is 0 Å². The Morgan fingerprint density at radius 3 is 2.95 bits per heavy atom. The van der Waals surface area contributed by atoms with Crippen molar-refractivity contribution in [3.8, 4) is 0 Å². The quantitative estimate of drug-likeness (QED) is 0.812. The maximum absolute atomic E-state index is 5.94. The zero-order chi connectivity index (χ0) is 13.8. The fourth-order valence-corrected chi connectivity index (χ4v) is 1.99. The first kappa shape index (κ1) is 13.8. The van der Waals surface area contributed by atoms with E-state index in [2.05, 4.69) is 23.8 Å². The van der Waals surface area contributed by atoms with Crippen molar-refractivity contribution in [3.63, 3.8) is 0 Å².